The predicted molar refractivity (Wildman–Crippen MR) is 140 cm³/mol. The number of hydrogen-bond donors (Lipinski definition) is 2. The molecular weight excluding hydrogens is 494 g/mol. The van der Waals surface area contributed by atoms with Gasteiger partial charge in [0.1, 0.15) is 5.75 Å². The summed E-state index contributed by atoms with van der Waals surface area (Å²) in [5, 5.41) is 16.6. The number of hydrogen-bond acceptors (Lipinski definition) is 7. The van der Waals surface area contributed by atoms with Crippen LogP contribution in [0, 0.1) is 17.3 Å². The first-order valence-electron chi connectivity index (χ1n) is 12.6. The summed E-state index contributed by atoms with van der Waals surface area (Å²) in [5.41, 5.74) is 4.13. The van der Waals surface area contributed by atoms with E-state index >= 15 is 0 Å². The van der Waals surface area contributed by atoms with E-state index in [1.807, 2.05) is 24.3 Å². The molecule has 5 unspecified atom stereocenters. The van der Waals surface area contributed by atoms with E-state index in [0.717, 1.165) is 48.8 Å². The molecule has 0 amide bonds. The molecule has 0 bridgehead atoms. The first kappa shape index (κ1) is 25.9. The van der Waals surface area contributed by atoms with Gasteiger partial charge >= 0.3 is 10.3 Å². The maximum absolute atomic E-state index is 11.5. The number of methoxy groups -OCH3 is 3. The zero-order chi connectivity index (χ0) is 26.5. The molecular formula is C28H35NO7S. The monoisotopic (exact) mass is 529 g/mol. The molecule has 2 saturated carbocycles. The first-order chi connectivity index (χ1) is 17.6. The van der Waals surface area contributed by atoms with Gasteiger partial charge in [-0.1, -0.05) is 19.1 Å². The summed E-state index contributed by atoms with van der Waals surface area (Å²) < 4.78 is 44.1. The van der Waals surface area contributed by atoms with Gasteiger partial charge in [0, 0.05) is 5.41 Å². The van der Waals surface area contributed by atoms with Crippen molar-refractivity contribution in [2.45, 2.75) is 51.0 Å². The van der Waals surface area contributed by atoms with E-state index in [0.29, 0.717) is 35.0 Å². The molecule has 5 rings (SSSR count). The Morgan fingerprint density at radius 2 is 1.76 bits per heavy atom. The largest absolute Gasteiger partial charge is 0.493 e. The van der Waals surface area contributed by atoms with Gasteiger partial charge in [-0.25, -0.2) is 0 Å². The highest BCUT2D eigenvalue weighted by Gasteiger charge is 2.56. The zero-order valence-corrected chi connectivity index (χ0v) is 22.5. The Labute approximate surface area is 218 Å². The highest BCUT2D eigenvalue weighted by atomic mass is 32.2. The quantitative estimate of drug-likeness (QED) is 0.576. The van der Waals surface area contributed by atoms with Gasteiger partial charge in [-0.2, -0.15) is 13.6 Å². The van der Waals surface area contributed by atoms with Crippen LogP contribution in [0.15, 0.2) is 35.9 Å². The van der Waals surface area contributed by atoms with Crippen molar-refractivity contribution in [2.24, 2.45) is 22.4 Å². The van der Waals surface area contributed by atoms with Gasteiger partial charge in [0.2, 0.25) is 5.75 Å². The van der Waals surface area contributed by atoms with Gasteiger partial charge in [-0.3, -0.25) is 0 Å². The van der Waals surface area contributed by atoms with Crippen LogP contribution in [0.2, 0.25) is 0 Å². The van der Waals surface area contributed by atoms with Gasteiger partial charge in [-0.15, -0.1) is 0 Å². The van der Waals surface area contributed by atoms with Crippen molar-refractivity contribution in [1.29, 1.82) is 0 Å². The number of aliphatic hydroxyl groups excluding tert-OH is 1. The van der Waals surface area contributed by atoms with Gasteiger partial charge in [-0.05, 0) is 96.4 Å². The van der Waals surface area contributed by atoms with Crippen LogP contribution in [-0.4, -0.2) is 41.0 Å². The fourth-order valence-electron chi connectivity index (χ4n) is 7.14. The van der Waals surface area contributed by atoms with E-state index in [4.69, 9.17) is 23.5 Å². The maximum atomic E-state index is 11.5. The Morgan fingerprint density at radius 1 is 1.05 bits per heavy atom. The number of benzene rings is 2. The average molecular weight is 530 g/mol. The SMILES string of the molecule is COc1cc(C=C2CC3C4CCc5cc(OS(N)(=O)=O)ccc5C4CCC3(C)C2O)cc(OC)c1OC. The van der Waals surface area contributed by atoms with E-state index in [9.17, 15) is 13.5 Å². The van der Waals surface area contributed by atoms with Crippen LogP contribution in [0.25, 0.3) is 6.08 Å². The summed E-state index contributed by atoms with van der Waals surface area (Å²) in [6.45, 7) is 2.23. The molecule has 9 heteroatoms. The lowest BCUT2D eigenvalue weighted by Gasteiger charge is -2.49. The number of aliphatic hydroxyl groups is 1. The minimum Gasteiger partial charge on any atom is -0.493 e. The molecule has 3 aliphatic carbocycles. The highest BCUT2D eigenvalue weighted by Crippen LogP contribution is 2.62. The van der Waals surface area contributed by atoms with Crippen molar-refractivity contribution in [3.63, 3.8) is 0 Å². The van der Waals surface area contributed by atoms with E-state index in [-0.39, 0.29) is 11.2 Å². The van der Waals surface area contributed by atoms with Crippen LogP contribution in [0.4, 0.5) is 0 Å². The Bertz CT molecular complexity index is 1310. The Morgan fingerprint density at radius 3 is 2.38 bits per heavy atom. The third-order valence-electron chi connectivity index (χ3n) is 8.82. The van der Waals surface area contributed by atoms with Crippen molar-refractivity contribution < 1.29 is 31.9 Å². The topological polar surface area (TPSA) is 117 Å². The molecule has 37 heavy (non-hydrogen) atoms. The molecule has 8 nitrogen and oxygen atoms in total. The number of rotatable bonds is 6. The molecule has 0 heterocycles. The minimum atomic E-state index is -4.05. The second-order valence-corrected chi connectivity index (χ2v) is 11.8. The second kappa shape index (κ2) is 9.53. The van der Waals surface area contributed by atoms with Crippen LogP contribution in [0.1, 0.15) is 55.2 Å². The number of nitrogens with two attached hydrogens (primary N) is 1. The summed E-state index contributed by atoms with van der Waals surface area (Å²) in [7, 11) is 0.719. The van der Waals surface area contributed by atoms with Crippen molar-refractivity contribution >= 4 is 16.4 Å². The van der Waals surface area contributed by atoms with Gasteiger partial charge in [0.25, 0.3) is 0 Å². The fourth-order valence-corrected chi connectivity index (χ4v) is 7.51. The first-order valence-corrected chi connectivity index (χ1v) is 14.1. The average Bonchev–Trinajstić information content (AvgIpc) is 3.11. The molecule has 5 atom stereocenters. The molecule has 3 N–H and O–H groups in total. The predicted octanol–water partition coefficient (Wildman–Crippen LogP) is 4.21. The zero-order valence-electron chi connectivity index (χ0n) is 21.7. The van der Waals surface area contributed by atoms with E-state index < -0.39 is 16.4 Å². The lowest BCUT2D eigenvalue weighted by Crippen LogP contribution is -2.44. The summed E-state index contributed by atoms with van der Waals surface area (Å²) in [6, 6.07) is 9.31. The van der Waals surface area contributed by atoms with Crippen LogP contribution < -0.4 is 23.5 Å². The summed E-state index contributed by atoms with van der Waals surface area (Å²) in [6.07, 6.45) is 6.10. The maximum Gasteiger partial charge on any atom is 0.380 e. The molecule has 0 saturated heterocycles. The van der Waals surface area contributed by atoms with Crippen LogP contribution in [0.3, 0.4) is 0 Å². The molecule has 0 aromatic heterocycles. The Balaban J connectivity index is 1.44. The molecule has 2 fully saturated rings. The molecule has 0 aliphatic heterocycles. The second-order valence-electron chi connectivity index (χ2n) is 10.7. The van der Waals surface area contributed by atoms with E-state index in [1.165, 1.54) is 5.56 Å². The number of fused-ring (bicyclic) bond motifs is 5. The molecule has 200 valence electrons. The van der Waals surface area contributed by atoms with Crippen LogP contribution in [0.5, 0.6) is 23.0 Å². The van der Waals surface area contributed by atoms with Crippen molar-refractivity contribution in [1.82, 2.24) is 0 Å². The van der Waals surface area contributed by atoms with E-state index in [2.05, 4.69) is 13.0 Å². The van der Waals surface area contributed by atoms with Gasteiger partial charge in [0.15, 0.2) is 11.5 Å². The van der Waals surface area contributed by atoms with Crippen molar-refractivity contribution in [2.75, 3.05) is 21.3 Å². The van der Waals surface area contributed by atoms with Crippen LogP contribution in [-0.2, 0) is 16.7 Å². The van der Waals surface area contributed by atoms with Crippen molar-refractivity contribution in [3.05, 3.63) is 52.6 Å². The van der Waals surface area contributed by atoms with E-state index in [1.54, 1.807) is 27.4 Å². The van der Waals surface area contributed by atoms with Crippen LogP contribution >= 0.6 is 0 Å². The Hall–Kier alpha value is -2.75. The third kappa shape index (κ3) is 4.57. The Kier molecular flexibility index (Phi) is 6.66. The van der Waals surface area contributed by atoms with Gasteiger partial charge < -0.3 is 23.5 Å². The van der Waals surface area contributed by atoms with Gasteiger partial charge in [0.05, 0.1) is 27.4 Å². The molecule has 0 radical (unpaired) electrons. The highest BCUT2D eigenvalue weighted by molar-refractivity contribution is 7.84. The molecule has 3 aliphatic rings. The molecule has 0 spiro atoms. The molecule has 2 aromatic carbocycles. The lowest BCUT2D eigenvalue weighted by atomic mass is 9.55. The molecule has 2 aromatic rings. The lowest BCUT2D eigenvalue weighted by molar-refractivity contribution is -0.0158. The normalized spacial score (nSPS) is 29.7. The van der Waals surface area contributed by atoms with Crippen molar-refractivity contribution in [3.8, 4) is 23.0 Å². The minimum absolute atomic E-state index is 0.193. The summed E-state index contributed by atoms with van der Waals surface area (Å²) in [4.78, 5) is 0. The smallest absolute Gasteiger partial charge is 0.380 e. The number of aryl methyl sites for hydroxylation is 1. The third-order valence-corrected chi connectivity index (χ3v) is 9.24. The summed E-state index contributed by atoms with van der Waals surface area (Å²) >= 11 is 0. The number of ether oxygens (including phenoxy) is 3. The fraction of sp³-hybridized carbons (Fsp3) is 0.500. The standard InChI is InChI=1S/C28H35NO7S/c1-28-10-9-21-20-8-6-19(36-37(29,31)32)14-17(20)5-7-22(21)23(28)15-18(27(28)30)11-16-12-24(33-2)26(35-4)25(13-16)34-3/h6,8,11-14,21-23,27,30H,5,7,9-10,15H2,1-4H3,(H2,29,31,32). The summed E-state index contributed by atoms with van der Waals surface area (Å²) in [5.74, 6) is 3.13.